The van der Waals surface area contributed by atoms with E-state index in [4.69, 9.17) is 0 Å². The van der Waals surface area contributed by atoms with Gasteiger partial charge in [0.15, 0.2) is 10.6 Å². The molecule has 7 nitrogen and oxygen atoms in total. The first-order valence-corrected chi connectivity index (χ1v) is 11.7. The number of para-hydroxylation sites is 1. The van der Waals surface area contributed by atoms with Crippen molar-refractivity contribution in [3.63, 3.8) is 0 Å². The van der Waals surface area contributed by atoms with Crippen LogP contribution in [0.25, 0.3) is 32.7 Å². The highest BCUT2D eigenvalue weighted by molar-refractivity contribution is 7.16. The molecule has 1 aliphatic rings. The van der Waals surface area contributed by atoms with Gasteiger partial charge >= 0.3 is 0 Å². The molecule has 5 aromatic rings. The molecule has 0 bridgehead atoms. The van der Waals surface area contributed by atoms with E-state index < -0.39 is 0 Å². The summed E-state index contributed by atoms with van der Waals surface area (Å²) >= 11 is 1.57. The lowest BCUT2D eigenvalue weighted by Gasteiger charge is -2.09. The van der Waals surface area contributed by atoms with Crippen molar-refractivity contribution in [2.75, 3.05) is 0 Å². The number of hydrogen-bond donors (Lipinski definition) is 1. The molecule has 1 N–H and O–H groups in total. The predicted octanol–water partition coefficient (Wildman–Crippen LogP) is 4.44. The first kappa shape index (κ1) is 19.8. The number of carbonyl (C=O) groups excluding carboxylic acids is 1. The van der Waals surface area contributed by atoms with Crippen LogP contribution in [-0.2, 0) is 11.3 Å². The molecule has 1 amide bonds. The molecule has 0 radical (unpaired) electrons. The van der Waals surface area contributed by atoms with Crippen molar-refractivity contribution in [2.45, 2.75) is 19.4 Å². The van der Waals surface area contributed by atoms with Gasteiger partial charge in [-0.1, -0.05) is 72.0 Å². The summed E-state index contributed by atoms with van der Waals surface area (Å²) in [4.78, 5) is 17.6. The van der Waals surface area contributed by atoms with Crippen molar-refractivity contribution >= 4 is 27.5 Å². The second-order valence-corrected chi connectivity index (χ2v) is 9.16. The molecule has 1 saturated carbocycles. The Morgan fingerprint density at radius 1 is 1.00 bits per heavy atom. The number of aromatic amines is 1. The molecule has 0 atom stereocenters. The molecule has 0 aliphatic heterocycles. The highest BCUT2D eigenvalue weighted by Gasteiger charge is 2.29. The number of tetrazole rings is 1. The lowest BCUT2D eigenvalue weighted by molar-refractivity contribution is -0.119. The smallest absolute Gasteiger partial charge is 0.251 e. The standard InChI is InChI=1S/C25H20N6OS/c32-24(18-13-14-18)26-25-31(21-7-3-4-8-22(21)33-25)15-16-9-11-17(12-10-16)19-5-1-2-6-20(19)23-27-29-30-28-23/h1-12,18H,13-15H2,(H,27,28,29,30). The minimum atomic E-state index is 0.00386. The van der Waals surface area contributed by atoms with Gasteiger partial charge in [0.2, 0.25) is 0 Å². The third kappa shape index (κ3) is 3.89. The van der Waals surface area contributed by atoms with E-state index in [0.29, 0.717) is 12.4 Å². The molecule has 6 rings (SSSR count). The number of benzene rings is 3. The Morgan fingerprint density at radius 2 is 1.76 bits per heavy atom. The number of carbonyl (C=O) groups is 1. The van der Waals surface area contributed by atoms with Crippen molar-refractivity contribution in [1.82, 2.24) is 25.2 Å². The molecule has 0 unspecified atom stereocenters. The molecule has 1 fully saturated rings. The molecule has 0 spiro atoms. The summed E-state index contributed by atoms with van der Waals surface area (Å²) in [6, 6.07) is 24.7. The van der Waals surface area contributed by atoms with Crippen LogP contribution in [-0.4, -0.2) is 31.1 Å². The maximum atomic E-state index is 12.4. The van der Waals surface area contributed by atoms with Gasteiger partial charge in [0.1, 0.15) is 0 Å². The topological polar surface area (TPSA) is 88.8 Å². The second kappa shape index (κ2) is 8.22. The minimum absolute atomic E-state index is 0.00386. The number of hydrogen-bond acceptors (Lipinski definition) is 5. The van der Waals surface area contributed by atoms with Crippen LogP contribution in [0.15, 0.2) is 77.8 Å². The van der Waals surface area contributed by atoms with E-state index in [9.17, 15) is 4.79 Å². The van der Waals surface area contributed by atoms with Gasteiger partial charge in [-0.05, 0) is 52.1 Å². The van der Waals surface area contributed by atoms with Gasteiger partial charge in [-0.25, -0.2) is 5.10 Å². The zero-order valence-corrected chi connectivity index (χ0v) is 18.5. The maximum absolute atomic E-state index is 12.4. The molecule has 2 heterocycles. The monoisotopic (exact) mass is 452 g/mol. The van der Waals surface area contributed by atoms with E-state index in [0.717, 1.165) is 50.1 Å². The Balaban J connectivity index is 1.35. The third-order valence-electron chi connectivity index (χ3n) is 5.85. The average Bonchev–Trinajstić information content (AvgIpc) is 3.46. The van der Waals surface area contributed by atoms with Crippen molar-refractivity contribution in [1.29, 1.82) is 0 Å². The van der Waals surface area contributed by atoms with Crippen LogP contribution in [0.5, 0.6) is 0 Å². The van der Waals surface area contributed by atoms with Crippen LogP contribution in [0.3, 0.4) is 0 Å². The van der Waals surface area contributed by atoms with E-state index in [-0.39, 0.29) is 11.8 Å². The van der Waals surface area contributed by atoms with Gasteiger partial charge in [-0.15, -0.1) is 5.10 Å². The van der Waals surface area contributed by atoms with Gasteiger partial charge in [-0.3, -0.25) is 4.79 Å². The molecular formula is C25H20N6OS. The number of aromatic nitrogens is 5. The van der Waals surface area contributed by atoms with Crippen molar-refractivity contribution in [3.8, 4) is 22.5 Å². The van der Waals surface area contributed by atoms with E-state index >= 15 is 0 Å². The lowest BCUT2D eigenvalue weighted by Crippen LogP contribution is -2.18. The van der Waals surface area contributed by atoms with Gasteiger partial charge in [0.05, 0.1) is 16.8 Å². The minimum Gasteiger partial charge on any atom is -0.312 e. The Labute approximate surface area is 193 Å². The third-order valence-corrected chi connectivity index (χ3v) is 6.91. The molecule has 162 valence electrons. The zero-order chi connectivity index (χ0) is 22.2. The predicted molar refractivity (Wildman–Crippen MR) is 127 cm³/mol. The molecule has 2 aromatic heterocycles. The molecule has 3 aromatic carbocycles. The molecule has 1 aliphatic carbocycles. The average molecular weight is 453 g/mol. The van der Waals surface area contributed by atoms with Crippen molar-refractivity contribution in [2.24, 2.45) is 10.9 Å². The van der Waals surface area contributed by atoms with Gasteiger partial charge in [-0.2, -0.15) is 4.99 Å². The maximum Gasteiger partial charge on any atom is 0.251 e. The number of thiazole rings is 1. The van der Waals surface area contributed by atoms with Crippen LogP contribution in [0.2, 0.25) is 0 Å². The summed E-state index contributed by atoms with van der Waals surface area (Å²) in [5.74, 6) is 0.758. The van der Waals surface area contributed by atoms with E-state index in [1.54, 1.807) is 11.3 Å². The Kier molecular flexibility index (Phi) is 4.92. The van der Waals surface area contributed by atoms with Crippen molar-refractivity contribution < 1.29 is 4.79 Å². The Morgan fingerprint density at radius 3 is 2.52 bits per heavy atom. The number of fused-ring (bicyclic) bond motifs is 1. The quantitative estimate of drug-likeness (QED) is 0.427. The van der Waals surface area contributed by atoms with Gasteiger partial charge in [0.25, 0.3) is 5.91 Å². The summed E-state index contributed by atoms with van der Waals surface area (Å²) in [7, 11) is 0. The van der Waals surface area contributed by atoms with E-state index in [2.05, 4.69) is 72.6 Å². The second-order valence-electron chi connectivity index (χ2n) is 8.16. The van der Waals surface area contributed by atoms with Gasteiger partial charge in [0, 0.05) is 11.5 Å². The van der Waals surface area contributed by atoms with Crippen LogP contribution in [0.1, 0.15) is 18.4 Å². The largest absolute Gasteiger partial charge is 0.312 e. The highest BCUT2D eigenvalue weighted by Crippen LogP contribution is 2.31. The fraction of sp³-hybridized carbons (Fsp3) is 0.160. The summed E-state index contributed by atoms with van der Waals surface area (Å²) in [6.07, 6.45) is 1.92. The summed E-state index contributed by atoms with van der Waals surface area (Å²) < 4.78 is 3.27. The Bertz CT molecular complexity index is 1510. The summed E-state index contributed by atoms with van der Waals surface area (Å²) in [6.45, 7) is 0.648. The fourth-order valence-electron chi connectivity index (χ4n) is 3.96. The number of H-pyrrole nitrogens is 1. The summed E-state index contributed by atoms with van der Waals surface area (Å²) in [5, 5.41) is 14.3. The van der Waals surface area contributed by atoms with Crippen LogP contribution in [0.4, 0.5) is 0 Å². The molecule has 33 heavy (non-hydrogen) atoms. The molecule has 0 saturated heterocycles. The van der Waals surface area contributed by atoms with E-state index in [1.165, 1.54) is 0 Å². The number of amides is 1. The number of nitrogens with one attached hydrogen (secondary N) is 1. The Hall–Kier alpha value is -3.91. The first-order chi connectivity index (χ1) is 16.3. The molecular weight excluding hydrogens is 432 g/mol. The SMILES string of the molecule is O=C(N=c1sc2ccccc2n1Cc1ccc(-c2ccccc2-c2nnn[nH]2)cc1)C1CC1. The summed E-state index contributed by atoms with van der Waals surface area (Å²) in [5.41, 5.74) is 5.33. The van der Waals surface area contributed by atoms with Gasteiger partial charge < -0.3 is 4.57 Å². The van der Waals surface area contributed by atoms with Crippen LogP contribution >= 0.6 is 11.3 Å². The van der Waals surface area contributed by atoms with Crippen LogP contribution < -0.4 is 4.80 Å². The highest BCUT2D eigenvalue weighted by atomic mass is 32.1. The lowest BCUT2D eigenvalue weighted by atomic mass is 9.98. The normalized spacial score (nSPS) is 14.1. The number of rotatable bonds is 5. The first-order valence-electron chi connectivity index (χ1n) is 10.9. The number of nitrogens with zero attached hydrogens (tertiary/aromatic N) is 5. The molecule has 8 heteroatoms. The van der Waals surface area contributed by atoms with Crippen molar-refractivity contribution in [3.05, 3.63) is 83.2 Å². The van der Waals surface area contributed by atoms with Crippen LogP contribution in [0, 0.1) is 5.92 Å². The van der Waals surface area contributed by atoms with E-state index in [1.807, 2.05) is 30.3 Å². The fourth-order valence-corrected chi connectivity index (χ4v) is 5.00. The zero-order valence-electron chi connectivity index (χ0n) is 17.7.